The van der Waals surface area contributed by atoms with Gasteiger partial charge in [-0.15, -0.1) is 0 Å². The van der Waals surface area contributed by atoms with E-state index in [1.54, 1.807) is 12.4 Å². The third-order valence-corrected chi connectivity index (χ3v) is 4.16. The molecule has 1 aliphatic heterocycles. The summed E-state index contributed by atoms with van der Waals surface area (Å²) in [5.41, 5.74) is 2.91. The van der Waals surface area contributed by atoms with Crippen molar-refractivity contribution >= 4 is 28.4 Å². The van der Waals surface area contributed by atoms with Crippen molar-refractivity contribution in [3.05, 3.63) is 52.9 Å². The average Bonchev–Trinajstić information content (AvgIpc) is 3.12. The van der Waals surface area contributed by atoms with Crippen molar-refractivity contribution in [1.82, 2.24) is 19.7 Å². The maximum absolute atomic E-state index is 12.4. The number of carbonyl (C=O) groups excluding carboxylic acids is 1. The Hall–Kier alpha value is -2.27. The molecule has 0 spiro atoms. The molecule has 1 N–H and O–H groups in total. The fourth-order valence-corrected chi connectivity index (χ4v) is 3.09. The van der Waals surface area contributed by atoms with E-state index in [0.717, 1.165) is 22.6 Å². The number of aromatic amines is 1. The summed E-state index contributed by atoms with van der Waals surface area (Å²) in [6, 6.07) is 8.01. The van der Waals surface area contributed by atoms with Gasteiger partial charge in [0, 0.05) is 40.9 Å². The first kappa shape index (κ1) is 12.5. The van der Waals surface area contributed by atoms with Crippen LogP contribution in [0.15, 0.2) is 36.7 Å². The highest BCUT2D eigenvalue weighted by Crippen LogP contribution is 2.27. The summed E-state index contributed by atoms with van der Waals surface area (Å²) in [7, 11) is 0. The highest BCUT2D eigenvalue weighted by atomic mass is 35.5. The van der Waals surface area contributed by atoms with Crippen LogP contribution in [0.2, 0.25) is 5.02 Å². The highest BCUT2D eigenvalue weighted by molar-refractivity contribution is 6.31. The monoisotopic (exact) mass is 300 g/mol. The third kappa shape index (κ3) is 2.01. The second-order valence-electron chi connectivity index (χ2n) is 5.20. The van der Waals surface area contributed by atoms with Gasteiger partial charge in [-0.2, -0.15) is 5.10 Å². The zero-order valence-electron chi connectivity index (χ0n) is 11.2. The number of nitrogens with one attached hydrogen (secondary N) is 1. The Kier molecular flexibility index (Phi) is 2.75. The first-order valence-corrected chi connectivity index (χ1v) is 7.16. The predicted octanol–water partition coefficient (Wildman–Crippen LogP) is 2.67. The molecule has 0 bridgehead atoms. The van der Waals surface area contributed by atoms with Crippen LogP contribution in [-0.2, 0) is 13.1 Å². The zero-order valence-corrected chi connectivity index (χ0v) is 12.0. The molecule has 1 amide bonds. The summed E-state index contributed by atoms with van der Waals surface area (Å²) in [6.07, 6.45) is 3.19. The van der Waals surface area contributed by atoms with Gasteiger partial charge in [-0.05, 0) is 24.3 Å². The molecular formula is C15H13ClN4O. The number of H-pyrrole nitrogens is 1. The number of amides is 1. The molecule has 1 aliphatic rings. The van der Waals surface area contributed by atoms with Crippen molar-refractivity contribution in [2.24, 2.45) is 0 Å². The maximum Gasteiger partial charge on any atom is 0.257 e. The topological polar surface area (TPSA) is 53.9 Å². The molecule has 0 atom stereocenters. The molecule has 3 aromatic rings. The molecule has 0 radical (unpaired) electrons. The molecule has 4 rings (SSSR count). The lowest BCUT2D eigenvalue weighted by atomic mass is 10.2. The molecule has 2 aromatic heterocycles. The van der Waals surface area contributed by atoms with Crippen molar-refractivity contribution < 1.29 is 4.79 Å². The van der Waals surface area contributed by atoms with Crippen LogP contribution in [-0.4, -0.2) is 32.1 Å². The largest absolute Gasteiger partial charge is 0.341 e. The minimum absolute atomic E-state index is 0.0123. The predicted molar refractivity (Wildman–Crippen MR) is 80.3 cm³/mol. The van der Waals surface area contributed by atoms with E-state index < -0.39 is 0 Å². The molecule has 0 saturated heterocycles. The number of halogens is 1. The Morgan fingerprint density at radius 1 is 1.29 bits per heavy atom. The summed E-state index contributed by atoms with van der Waals surface area (Å²) in [5, 5.41) is 8.37. The van der Waals surface area contributed by atoms with Crippen LogP contribution >= 0.6 is 11.6 Å². The fraction of sp³-hybridized carbons (Fsp3) is 0.200. The van der Waals surface area contributed by atoms with Gasteiger partial charge in [0.25, 0.3) is 5.91 Å². The van der Waals surface area contributed by atoms with E-state index in [4.69, 9.17) is 11.6 Å². The number of carbonyl (C=O) groups is 1. The second-order valence-corrected chi connectivity index (χ2v) is 5.64. The van der Waals surface area contributed by atoms with Gasteiger partial charge in [-0.1, -0.05) is 11.6 Å². The fourth-order valence-electron chi connectivity index (χ4n) is 2.91. The van der Waals surface area contributed by atoms with Gasteiger partial charge in [0.15, 0.2) is 0 Å². The lowest BCUT2D eigenvalue weighted by Gasteiger charge is -2.28. The van der Waals surface area contributed by atoms with E-state index >= 15 is 0 Å². The number of fused-ring (bicyclic) bond motifs is 3. The molecule has 3 heterocycles. The van der Waals surface area contributed by atoms with E-state index in [-0.39, 0.29) is 5.91 Å². The highest BCUT2D eigenvalue weighted by Gasteiger charge is 2.23. The number of nitrogens with zero attached hydrogens (tertiary/aromatic N) is 3. The van der Waals surface area contributed by atoms with E-state index in [1.165, 1.54) is 5.52 Å². The van der Waals surface area contributed by atoms with Gasteiger partial charge < -0.3 is 9.47 Å². The quantitative estimate of drug-likeness (QED) is 0.751. The summed E-state index contributed by atoms with van der Waals surface area (Å²) >= 11 is 6.04. The van der Waals surface area contributed by atoms with Gasteiger partial charge >= 0.3 is 0 Å². The van der Waals surface area contributed by atoms with Gasteiger partial charge in [0.05, 0.1) is 18.3 Å². The Morgan fingerprint density at radius 2 is 2.19 bits per heavy atom. The molecule has 21 heavy (non-hydrogen) atoms. The number of rotatable bonds is 1. The Labute approximate surface area is 126 Å². The lowest BCUT2D eigenvalue weighted by molar-refractivity contribution is 0.0712. The average molecular weight is 301 g/mol. The summed E-state index contributed by atoms with van der Waals surface area (Å²) in [4.78, 5) is 14.2. The molecule has 106 valence electrons. The first-order valence-electron chi connectivity index (χ1n) is 6.78. The van der Waals surface area contributed by atoms with Crippen molar-refractivity contribution in [3.8, 4) is 0 Å². The van der Waals surface area contributed by atoms with Crippen molar-refractivity contribution in [1.29, 1.82) is 0 Å². The maximum atomic E-state index is 12.4. The van der Waals surface area contributed by atoms with Crippen LogP contribution in [0.3, 0.4) is 0 Å². The third-order valence-electron chi connectivity index (χ3n) is 3.93. The van der Waals surface area contributed by atoms with Gasteiger partial charge in [0.1, 0.15) is 0 Å². The molecule has 0 unspecified atom stereocenters. The molecule has 0 saturated carbocycles. The van der Waals surface area contributed by atoms with Crippen LogP contribution in [0.1, 0.15) is 16.1 Å². The molecule has 1 aromatic carbocycles. The van der Waals surface area contributed by atoms with Crippen LogP contribution in [0.25, 0.3) is 10.9 Å². The summed E-state index contributed by atoms with van der Waals surface area (Å²) in [6.45, 7) is 2.10. The Bertz CT molecular complexity index is 822. The second kappa shape index (κ2) is 4.63. The molecular weight excluding hydrogens is 288 g/mol. The number of aromatic nitrogens is 3. The molecule has 6 heteroatoms. The Balaban J connectivity index is 1.69. The number of hydrogen-bond donors (Lipinski definition) is 1. The van der Waals surface area contributed by atoms with Crippen LogP contribution < -0.4 is 0 Å². The van der Waals surface area contributed by atoms with Crippen molar-refractivity contribution in [3.63, 3.8) is 0 Å². The molecule has 0 aliphatic carbocycles. The summed E-state index contributed by atoms with van der Waals surface area (Å²) in [5.74, 6) is 0.0123. The van der Waals surface area contributed by atoms with E-state index in [1.807, 2.05) is 23.1 Å². The molecule has 5 nitrogen and oxygen atoms in total. The number of benzene rings is 1. The van der Waals surface area contributed by atoms with Crippen molar-refractivity contribution in [2.75, 3.05) is 6.54 Å². The smallest absolute Gasteiger partial charge is 0.257 e. The van der Waals surface area contributed by atoms with Crippen LogP contribution in [0.5, 0.6) is 0 Å². The zero-order chi connectivity index (χ0) is 14.4. The van der Waals surface area contributed by atoms with Crippen LogP contribution in [0, 0.1) is 0 Å². The van der Waals surface area contributed by atoms with Gasteiger partial charge in [-0.25, -0.2) is 0 Å². The Morgan fingerprint density at radius 3 is 3.00 bits per heavy atom. The lowest BCUT2D eigenvalue weighted by Crippen LogP contribution is -2.37. The normalized spacial score (nSPS) is 14.4. The summed E-state index contributed by atoms with van der Waals surface area (Å²) < 4.78 is 2.25. The minimum Gasteiger partial charge on any atom is -0.341 e. The van der Waals surface area contributed by atoms with Gasteiger partial charge in [-0.3, -0.25) is 9.89 Å². The standard InChI is InChI=1S/C15H13ClN4O/c16-12-1-2-14-10(5-12)6-13-9-19(3-4-20(13)14)15(21)11-7-17-18-8-11/h1-2,5-8H,3-4,9H2,(H,17,18). The SMILES string of the molecule is O=C(c1cn[nH]c1)N1CCn2c(cc3cc(Cl)ccc32)C1. The van der Waals surface area contributed by atoms with E-state index in [0.29, 0.717) is 18.7 Å². The van der Waals surface area contributed by atoms with E-state index in [2.05, 4.69) is 20.8 Å². The first-order chi connectivity index (χ1) is 10.2. The number of hydrogen-bond acceptors (Lipinski definition) is 2. The van der Waals surface area contributed by atoms with Crippen LogP contribution in [0.4, 0.5) is 0 Å². The molecule has 0 fully saturated rings. The van der Waals surface area contributed by atoms with Crippen molar-refractivity contribution in [2.45, 2.75) is 13.1 Å². The van der Waals surface area contributed by atoms with E-state index in [9.17, 15) is 4.79 Å². The minimum atomic E-state index is 0.0123. The van der Waals surface area contributed by atoms with Gasteiger partial charge in [0.2, 0.25) is 0 Å².